The molecule has 1 atom stereocenters. The maximum atomic E-state index is 12.0. The van der Waals surface area contributed by atoms with Crippen molar-refractivity contribution in [3.63, 3.8) is 0 Å². The van der Waals surface area contributed by atoms with Gasteiger partial charge in [0, 0.05) is 39.8 Å². The molecule has 22 heavy (non-hydrogen) atoms. The SMILES string of the molecule is Cc1cccc(C(CNS(=O)(=O)N(C)C)N2CCOCC2)c1. The van der Waals surface area contributed by atoms with Crippen molar-refractivity contribution in [3.05, 3.63) is 35.4 Å². The highest BCUT2D eigenvalue weighted by Gasteiger charge is 2.25. The lowest BCUT2D eigenvalue weighted by Gasteiger charge is -2.35. The number of benzene rings is 1. The Hall–Kier alpha value is -0.990. The van der Waals surface area contributed by atoms with Gasteiger partial charge < -0.3 is 4.74 Å². The molecule has 0 saturated carbocycles. The average molecular weight is 327 g/mol. The molecular weight excluding hydrogens is 302 g/mol. The van der Waals surface area contributed by atoms with Crippen molar-refractivity contribution in [2.75, 3.05) is 46.9 Å². The minimum atomic E-state index is -3.42. The smallest absolute Gasteiger partial charge is 0.278 e. The van der Waals surface area contributed by atoms with Crippen LogP contribution in [0.25, 0.3) is 0 Å². The van der Waals surface area contributed by atoms with E-state index in [1.165, 1.54) is 24.0 Å². The van der Waals surface area contributed by atoms with Crippen LogP contribution in [0.2, 0.25) is 0 Å². The van der Waals surface area contributed by atoms with Crippen LogP contribution in [-0.4, -0.2) is 64.6 Å². The summed E-state index contributed by atoms with van der Waals surface area (Å²) < 4.78 is 33.3. The summed E-state index contributed by atoms with van der Waals surface area (Å²) in [6.07, 6.45) is 0. The third-order valence-electron chi connectivity index (χ3n) is 3.85. The fourth-order valence-corrected chi connectivity index (χ4v) is 3.16. The number of rotatable bonds is 6. The number of hydrogen-bond acceptors (Lipinski definition) is 4. The molecule has 2 rings (SSSR count). The zero-order valence-electron chi connectivity index (χ0n) is 13.4. The van der Waals surface area contributed by atoms with Crippen LogP contribution >= 0.6 is 0 Å². The van der Waals surface area contributed by atoms with Gasteiger partial charge in [-0.25, -0.2) is 4.72 Å². The Bertz CT molecular complexity index is 583. The summed E-state index contributed by atoms with van der Waals surface area (Å²) in [6, 6.07) is 8.24. The van der Waals surface area contributed by atoms with E-state index in [1.54, 1.807) is 0 Å². The molecule has 1 aromatic rings. The van der Waals surface area contributed by atoms with E-state index in [2.05, 4.69) is 21.8 Å². The lowest BCUT2D eigenvalue weighted by molar-refractivity contribution is 0.0171. The Labute approximate surface area is 133 Å². The monoisotopic (exact) mass is 327 g/mol. The van der Waals surface area contributed by atoms with Crippen LogP contribution in [0.15, 0.2) is 24.3 Å². The van der Waals surface area contributed by atoms with E-state index in [-0.39, 0.29) is 6.04 Å². The fourth-order valence-electron chi connectivity index (χ4n) is 2.54. The van der Waals surface area contributed by atoms with Gasteiger partial charge in [0.1, 0.15) is 0 Å². The molecule has 1 aliphatic heterocycles. The third-order valence-corrected chi connectivity index (χ3v) is 5.35. The Morgan fingerprint density at radius 1 is 1.32 bits per heavy atom. The summed E-state index contributed by atoms with van der Waals surface area (Å²) in [4.78, 5) is 2.27. The Balaban J connectivity index is 2.18. The highest BCUT2D eigenvalue weighted by atomic mass is 32.2. The molecule has 1 unspecified atom stereocenters. The molecule has 0 radical (unpaired) electrons. The van der Waals surface area contributed by atoms with Gasteiger partial charge in [-0.1, -0.05) is 29.8 Å². The van der Waals surface area contributed by atoms with Gasteiger partial charge in [-0.15, -0.1) is 0 Å². The van der Waals surface area contributed by atoms with Crippen molar-refractivity contribution in [3.8, 4) is 0 Å². The molecule has 0 bridgehead atoms. The number of nitrogens with one attached hydrogen (secondary N) is 1. The average Bonchev–Trinajstić information content (AvgIpc) is 2.48. The summed E-state index contributed by atoms with van der Waals surface area (Å²) in [5, 5.41) is 0. The van der Waals surface area contributed by atoms with Gasteiger partial charge >= 0.3 is 0 Å². The van der Waals surface area contributed by atoms with Crippen LogP contribution in [0.5, 0.6) is 0 Å². The van der Waals surface area contributed by atoms with Crippen molar-refractivity contribution in [1.82, 2.24) is 13.9 Å². The Kier molecular flexibility index (Phi) is 5.94. The van der Waals surface area contributed by atoms with E-state index in [0.29, 0.717) is 19.8 Å². The zero-order chi connectivity index (χ0) is 16.2. The van der Waals surface area contributed by atoms with Gasteiger partial charge in [-0.05, 0) is 12.5 Å². The number of hydrogen-bond donors (Lipinski definition) is 1. The lowest BCUT2D eigenvalue weighted by atomic mass is 10.0. The molecule has 1 aromatic carbocycles. The van der Waals surface area contributed by atoms with E-state index in [4.69, 9.17) is 4.74 Å². The van der Waals surface area contributed by atoms with E-state index in [1.807, 2.05) is 19.1 Å². The predicted molar refractivity (Wildman–Crippen MR) is 86.9 cm³/mol. The Morgan fingerprint density at radius 3 is 2.59 bits per heavy atom. The highest BCUT2D eigenvalue weighted by Crippen LogP contribution is 2.22. The van der Waals surface area contributed by atoms with E-state index in [9.17, 15) is 8.42 Å². The van der Waals surface area contributed by atoms with Crippen LogP contribution in [0.1, 0.15) is 17.2 Å². The van der Waals surface area contributed by atoms with Crippen molar-refractivity contribution < 1.29 is 13.2 Å². The molecule has 0 aliphatic carbocycles. The van der Waals surface area contributed by atoms with Crippen LogP contribution in [0, 0.1) is 6.92 Å². The molecule has 6 nitrogen and oxygen atoms in total. The minimum Gasteiger partial charge on any atom is -0.379 e. The van der Waals surface area contributed by atoms with Gasteiger partial charge in [0.05, 0.1) is 13.2 Å². The minimum absolute atomic E-state index is 0.0125. The molecular formula is C15H25N3O3S. The predicted octanol–water partition coefficient (Wildman–Crippen LogP) is 0.764. The third kappa shape index (κ3) is 4.50. The van der Waals surface area contributed by atoms with Crippen molar-refractivity contribution in [2.45, 2.75) is 13.0 Å². The van der Waals surface area contributed by atoms with Crippen LogP contribution in [0.4, 0.5) is 0 Å². The molecule has 1 fully saturated rings. The quantitative estimate of drug-likeness (QED) is 0.838. The van der Waals surface area contributed by atoms with E-state index in [0.717, 1.165) is 18.7 Å². The molecule has 1 heterocycles. The van der Waals surface area contributed by atoms with Crippen molar-refractivity contribution in [1.29, 1.82) is 0 Å². The normalized spacial score (nSPS) is 18.5. The van der Waals surface area contributed by atoms with Crippen LogP contribution in [-0.2, 0) is 14.9 Å². The molecule has 1 N–H and O–H groups in total. The molecule has 0 aromatic heterocycles. The molecule has 7 heteroatoms. The molecule has 1 aliphatic rings. The van der Waals surface area contributed by atoms with Gasteiger partial charge in [-0.3, -0.25) is 4.90 Å². The summed E-state index contributed by atoms with van der Waals surface area (Å²) in [5.74, 6) is 0. The summed E-state index contributed by atoms with van der Waals surface area (Å²) in [5.41, 5.74) is 2.30. The summed E-state index contributed by atoms with van der Waals surface area (Å²) in [6.45, 7) is 5.38. The second-order valence-electron chi connectivity index (χ2n) is 5.71. The number of ether oxygens (including phenoxy) is 1. The first kappa shape index (κ1) is 17.4. The first-order chi connectivity index (χ1) is 10.4. The molecule has 0 spiro atoms. The number of aryl methyl sites for hydroxylation is 1. The summed E-state index contributed by atoms with van der Waals surface area (Å²) >= 11 is 0. The maximum absolute atomic E-state index is 12.0. The van der Waals surface area contributed by atoms with E-state index >= 15 is 0 Å². The number of morpholine rings is 1. The fraction of sp³-hybridized carbons (Fsp3) is 0.600. The second-order valence-corrected chi connectivity index (χ2v) is 7.68. The molecule has 1 saturated heterocycles. The zero-order valence-corrected chi connectivity index (χ0v) is 14.3. The molecule has 124 valence electrons. The lowest BCUT2D eigenvalue weighted by Crippen LogP contribution is -2.45. The first-order valence-electron chi connectivity index (χ1n) is 7.45. The van der Waals surface area contributed by atoms with Gasteiger partial charge in [-0.2, -0.15) is 12.7 Å². The topological polar surface area (TPSA) is 61.9 Å². The van der Waals surface area contributed by atoms with Crippen LogP contribution < -0.4 is 4.72 Å². The molecule has 0 amide bonds. The standard InChI is InChI=1S/C15H25N3O3S/c1-13-5-4-6-14(11-13)15(18-7-9-21-10-8-18)12-16-22(19,20)17(2)3/h4-6,11,15-16H,7-10,12H2,1-3H3. The van der Waals surface area contributed by atoms with Crippen molar-refractivity contribution in [2.24, 2.45) is 0 Å². The highest BCUT2D eigenvalue weighted by molar-refractivity contribution is 7.87. The van der Waals surface area contributed by atoms with Gasteiger partial charge in [0.25, 0.3) is 10.2 Å². The van der Waals surface area contributed by atoms with Gasteiger partial charge in [0.15, 0.2) is 0 Å². The second kappa shape index (κ2) is 7.52. The maximum Gasteiger partial charge on any atom is 0.278 e. The Morgan fingerprint density at radius 2 is 2.00 bits per heavy atom. The van der Waals surface area contributed by atoms with Crippen LogP contribution in [0.3, 0.4) is 0 Å². The van der Waals surface area contributed by atoms with Crippen molar-refractivity contribution >= 4 is 10.2 Å². The summed E-state index contributed by atoms with van der Waals surface area (Å²) in [7, 11) is -0.372. The first-order valence-corrected chi connectivity index (χ1v) is 8.89. The largest absolute Gasteiger partial charge is 0.379 e. The number of nitrogens with zero attached hydrogens (tertiary/aromatic N) is 2. The van der Waals surface area contributed by atoms with Gasteiger partial charge in [0.2, 0.25) is 0 Å². The van der Waals surface area contributed by atoms with E-state index < -0.39 is 10.2 Å².